The van der Waals surface area contributed by atoms with Crippen LogP contribution in [0.4, 0.5) is 0 Å². The third kappa shape index (κ3) is 4.08. The molecule has 6 nitrogen and oxygen atoms in total. The van der Waals surface area contributed by atoms with E-state index < -0.39 is 0 Å². The average molecular weight is 272 g/mol. The summed E-state index contributed by atoms with van der Waals surface area (Å²) in [6.45, 7) is 4.08. The average Bonchev–Trinajstić information content (AvgIpc) is 2.94. The summed E-state index contributed by atoms with van der Waals surface area (Å²) < 4.78 is 1.95. The van der Waals surface area contributed by atoms with Crippen LogP contribution in [0.25, 0.3) is 0 Å². The molecule has 2 aromatic rings. The van der Waals surface area contributed by atoms with E-state index >= 15 is 0 Å². The van der Waals surface area contributed by atoms with Crippen LogP contribution in [-0.4, -0.2) is 27.3 Å². The molecule has 106 valence electrons. The quantitative estimate of drug-likeness (QED) is 0.606. The molecular formula is C14H20N6. The molecule has 0 amide bonds. The van der Waals surface area contributed by atoms with Crippen LogP contribution in [0.3, 0.4) is 0 Å². The molecule has 3 N–H and O–H groups in total. The first-order valence-corrected chi connectivity index (χ1v) is 6.74. The van der Waals surface area contributed by atoms with Crippen molar-refractivity contribution in [2.45, 2.75) is 26.4 Å². The number of aliphatic imine (C=N–C) groups is 1. The maximum Gasteiger partial charge on any atom is 0.189 e. The number of hydrogen-bond donors (Lipinski definition) is 2. The van der Waals surface area contributed by atoms with E-state index in [1.807, 2.05) is 29.7 Å². The summed E-state index contributed by atoms with van der Waals surface area (Å²) >= 11 is 0. The zero-order valence-electron chi connectivity index (χ0n) is 11.7. The highest BCUT2D eigenvalue weighted by molar-refractivity contribution is 5.77. The van der Waals surface area contributed by atoms with E-state index in [9.17, 15) is 0 Å². The molecular weight excluding hydrogens is 252 g/mol. The van der Waals surface area contributed by atoms with Gasteiger partial charge in [-0.3, -0.25) is 0 Å². The summed E-state index contributed by atoms with van der Waals surface area (Å²) in [5.41, 5.74) is 7.10. The van der Waals surface area contributed by atoms with Crippen molar-refractivity contribution >= 4 is 5.96 Å². The predicted molar refractivity (Wildman–Crippen MR) is 79.2 cm³/mol. The van der Waals surface area contributed by atoms with Crippen molar-refractivity contribution < 1.29 is 0 Å². The highest BCUT2D eigenvalue weighted by atomic mass is 15.3. The molecule has 20 heavy (non-hydrogen) atoms. The summed E-state index contributed by atoms with van der Waals surface area (Å²) in [5.74, 6) is 1.26. The molecule has 1 aromatic heterocycles. The van der Waals surface area contributed by atoms with E-state index in [0.717, 1.165) is 25.3 Å². The van der Waals surface area contributed by atoms with Gasteiger partial charge in [0.25, 0.3) is 0 Å². The molecule has 0 bridgehead atoms. The van der Waals surface area contributed by atoms with Crippen LogP contribution < -0.4 is 11.1 Å². The number of benzene rings is 1. The van der Waals surface area contributed by atoms with Gasteiger partial charge in [-0.1, -0.05) is 30.3 Å². The minimum atomic E-state index is 0.437. The molecule has 1 aromatic carbocycles. The highest BCUT2D eigenvalue weighted by Crippen LogP contribution is 1.98. The lowest BCUT2D eigenvalue weighted by Crippen LogP contribution is -2.33. The van der Waals surface area contributed by atoms with Crippen LogP contribution in [0.2, 0.25) is 0 Å². The second-order valence-corrected chi connectivity index (χ2v) is 4.40. The largest absolute Gasteiger partial charge is 0.370 e. The van der Waals surface area contributed by atoms with Crippen LogP contribution in [0, 0.1) is 0 Å². The summed E-state index contributed by atoms with van der Waals surface area (Å²) in [6, 6.07) is 10.3. The minimum absolute atomic E-state index is 0.437. The van der Waals surface area contributed by atoms with Crippen molar-refractivity contribution in [2.75, 3.05) is 6.54 Å². The number of nitrogens with two attached hydrogens (primary N) is 1. The third-order valence-corrected chi connectivity index (χ3v) is 2.99. The fraction of sp³-hybridized carbons (Fsp3) is 0.357. The lowest BCUT2D eigenvalue weighted by molar-refractivity contribution is 0.697. The Balaban J connectivity index is 1.77. The fourth-order valence-electron chi connectivity index (χ4n) is 1.86. The number of aromatic nitrogens is 3. The van der Waals surface area contributed by atoms with E-state index in [-0.39, 0.29) is 0 Å². The van der Waals surface area contributed by atoms with Gasteiger partial charge in [0.05, 0.1) is 0 Å². The predicted octanol–water partition coefficient (Wildman–Crippen LogP) is 0.945. The van der Waals surface area contributed by atoms with Crippen LogP contribution in [0.5, 0.6) is 0 Å². The standard InChI is InChI=1S/C14H20N6/c1-2-20-11-18-19-13(20)10-17-14(15)16-9-8-12-6-4-3-5-7-12/h3-7,11H,2,8-10H2,1H3,(H3,15,16,17). The molecule has 0 saturated carbocycles. The molecule has 0 spiro atoms. The Morgan fingerprint density at radius 2 is 2.15 bits per heavy atom. The zero-order valence-corrected chi connectivity index (χ0v) is 11.7. The molecule has 1 heterocycles. The highest BCUT2D eigenvalue weighted by Gasteiger charge is 2.01. The van der Waals surface area contributed by atoms with Crippen molar-refractivity contribution in [3.05, 3.63) is 48.0 Å². The Morgan fingerprint density at radius 3 is 2.90 bits per heavy atom. The van der Waals surface area contributed by atoms with Gasteiger partial charge in [-0.2, -0.15) is 0 Å². The summed E-state index contributed by atoms with van der Waals surface area (Å²) in [4.78, 5) is 4.27. The SMILES string of the molecule is CCn1cnnc1CN=C(N)NCCc1ccccc1. The van der Waals surface area contributed by atoms with Gasteiger partial charge in [0.2, 0.25) is 0 Å². The van der Waals surface area contributed by atoms with Crippen molar-refractivity contribution in [3.8, 4) is 0 Å². The summed E-state index contributed by atoms with van der Waals surface area (Å²) in [7, 11) is 0. The second-order valence-electron chi connectivity index (χ2n) is 4.40. The molecule has 0 atom stereocenters. The van der Waals surface area contributed by atoms with Gasteiger partial charge in [0.15, 0.2) is 11.8 Å². The molecule has 2 rings (SSSR count). The maximum absolute atomic E-state index is 5.83. The van der Waals surface area contributed by atoms with Gasteiger partial charge in [-0.25, -0.2) is 4.99 Å². The van der Waals surface area contributed by atoms with Crippen molar-refractivity contribution in [1.29, 1.82) is 0 Å². The molecule has 0 aliphatic carbocycles. The van der Waals surface area contributed by atoms with Crippen LogP contribution >= 0.6 is 0 Å². The number of nitrogens with zero attached hydrogens (tertiary/aromatic N) is 4. The van der Waals surface area contributed by atoms with Gasteiger partial charge in [0, 0.05) is 13.1 Å². The molecule has 0 aliphatic heterocycles. The van der Waals surface area contributed by atoms with Crippen molar-refractivity contribution in [3.63, 3.8) is 0 Å². The molecule has 6 heteroatoms. The van der Waals surface area contributed by atoms with Crippen LogP contribution in [-0.2, 0) is 19.5 Å². The molecule has 0 saturated heterocycles. The Labute approximate surface area is 118 Å². The lowest BCUT2D eigenvalue weighted by atomic mass is 10.1. The molecule has 0 fully saturated rings. The van der Waals surface area contributed by atoms with E-state index in [0.29, 0.717) is 12.5 Å². The first-order valence-electron chi connectivity index (χ1n) is 6.74. The first-order chi connectivity index (χ1) is 9.79. The molecule has 0 unspecified atom stereocenters. The van der Waals surface area contributed by atoms with Gasteiger partial charge in [-0.15, -0.1) is 10.2 Å². The number of hydrogen-bond acceptors (Lipinski definition) is 3. The van der Waals surface area contributed by atoms with E-state index in [1.54, 1.807) is 6.33 Å². The smallest absolute Gasteiger partial charge is 0.189 e. The fourth-order valence-corrected chi connectivity index (χ4v) is 1.86. The Bertz CT molecular complexity index is 546. The summed E-state index contributed by atoms with van der Waals surface area (Å²) in [5, 5.41) is 11.0. The second kappa shape index (κ2) is 7.28. The number of nitrogens with one attached hydrogen (secondary N) is 1. The van der Waals surface area contributed by atoms with Crippen LogP contribution in [0.15, 0.2) is 41.7 Å². The third-order valence-electron chi connectivity index (χ3n) is 2.99. The van der Waals surface area contributed by atoms with E-state index in [2.05, 4.69) is 32.6 Å². The van der Waals surface area contributed by atoms with Crippen molar-refractivity contribution in [2.24, 2.45) is 10.7 Å². The maximum atomic E-state index is 5.83. The number of rotatable bonds is 6. The van der Waals surface area contributed by atoms with Gasteiger partial charge in [-0.05, 0) is 18.9 Å². The van der Waals surface area contributed by atoms with Crippen molar-refractivity contribution in [1.82, 2.24) is 20.1 Å². The lowest BCUT2D eigenvalue weighted by Gasteiger charge is -2.06. The Morgan fingerprint density at radius 1 is 1.35 bits per heavy atom. The van der Waals surface area contributed by atoms with E-state index in [4.69, 9.17) is 5.73 Å². The normalized spacial score (nSPS) is 11.6. The molecule has 0 radical (unpaired) electrons. The Kier molecular flexibility index (Phi) is 5.11. The molecule has 0 aliphatic rings. The van der Waals surface area contributed by atoms with Gasteiger partial charge >= 0.3 is 0 Å². The first kappa shape index (κ1) is 14.0. The minimum Gasteiger partial charge on any atom is -0.370 e. The van der Waals surface area contributed by atoms with Gasteiger partial charge in [0.1, 0.15) is 12.9 Å². The monoisotopic (exact) mass is 272 g/mol. The Hall–Kier alpha value is -2.37. The van der Waals surface area contributed by atoms with E-state index in [1.165, 1.54) is 5.56 Å². The van der Waals surface area contributed by atoms with Gasteiger partial charge < -0.3 is 15.6 Å². The van der Waals surface area contributed by atoms with Crippen LogP contribution in [0.1, 0.15) is 18.3 Å². The number of guanidine groups is 1. The number of aryl methyl sites for hydroxylation is 1. The zero-order chi connectivity index (χ0) is 14.2. The topological polar surface area (TPSA) is 81.1 Å². The summed E-state index contributed by atoms with van der Waals surface area (Å²) in [6.07, 6.45) is 2.62.